The van der Waals surface area contributed by atoms with E-state index in [9.17, 15) is 4.79 Å². The fourth-order valence-electron chi connectivity index (χ4n) is 2.98. The van der Waals surface area contributed by atoms with E-state index in [0.29, 0.717) is 6.54 Å². The molecule has 1 saturated carbocycles. The number of halogens is 1. The van der Waals surface area contributed by atoms with Crippen molar-refractivity contribution in [1.29, 1.82) is 0 Å². The summed E-state index contributed by atoms with van der Waals surface area (Å²) in [6, 6.07) is 8.49. The van der Waals surface area contributed by atoms with Crippen LogP contribution in [0.15, 0.2) is 24.3 Å². The monoisotopic (exact) mass is 338 g/mol. The molecule has 1 aliphatic heterocycles. The van der Waals surface area contributed by atoms with Crippen molar-refractivity contribution in [2.24, 2.45) is 5.92 Å². The van der Waals surface area contributed by atoms with Gasteiger partial charge in [-0.25, -0.2) is 0 Å². The van der Waals surface area contributed by atoms with Crippen molar-refractivity contribution in [2.75, 3.05) is 19.7 Å². The summed E-state index contributed by atoms with van der Waals surface area (Å²) < 4.78 is 5.93. The largest absolute Gasteiger partial charge is 0.371 e. The van der Waals surface area contributed by atoms with Gasteiger partial charge in [-0.2, -0.15) is 0 Å². The molecule has 3 rings (SSSR count). The Morgan fingerprint density at radius 3 is 2.65 bits per heavy atom. The average Bonchev–Trinajstić information content (AvgIpc) is 3.33. The highest BCUT2D eigenvalue weighted by Crippen LogP contribution is 2.29. The van der Waals surface area contributed by atoms with E-state index in [1.165, 1.54) is 18.4 Å². The number of benzene rings is 1. The van der Waals surface area contributed by atoms with Crippen molar-refractivity contribution in [2.45, 2.75) is 44.8 Å². The maximum absolute atomic E-state index is 12.1. The van der Waals surface area contributed by atoms with Crippen LogP contribution in [0.4, 0.5) is 0 Å². The first kappa shape index (κ1) is 18.2. The third-order valence-electron chi connectivity index (χ3n) is 4.49. The van der Waals surface area contributed by atoms with Crippen LogP contribution in [-0.4, -0.2) is 31.6 Å². The summed E-state index contributed by atoms with van der Waals surface area (Å²) in [5, 5.41) is 6.40. The molecule has 1 saturated heterocycles. The van der Waals surface area contributed by atoms with E-state index in [-0.39, 0.29) is 30.5 Å². The summed E-state index contributed by atoms with van der Waals surface area (Å²) in [4.78, 5) is 12.1. The summed E-state index contributed by atoms with van der Waals surface area (Å²) in [5.41, 5.74) is 2.39. The molecule has 2 atom stereocenters. The van der Waals surface area contributed by atoms with Gasteiger partial charge in [-0.15, -0.1) is 12.4 Å². The fraction of sp³-hybridized carbons (Fsp3) is 0.611. The zero-order valence-corrected chi connectivity index (χ0v) is 14.5. The molecule has 2 unspecified atom stereocenters. The second-order valence-corrected chi connectivity index (χ2v) is 6.59. The molecule has 128 valence electrons. The lowest BCUT2D eigenvalue weighted by molar-refractivity contribution is -0.123. The minimum atomic E-state index is -0.0262. The molecular formula is C18H27ClN2O2. The number of hydrogen-bond acceptors (Lipinski definition) is 3. The fourth-order valence-corrected chi connectivity index (χ4v) is 2.98. The number of amides is 1. The van der Waals surface area contributed by atoms with Crippen molar-refractivity contribution in [3.05, 3.63) is 35.4 Å². The molecular weight excluding hydrogens is 312 g/mol. The highest BCUT2D eigenvalue weighted by Gasteiger charge is 2.28. The lowest BCUT2D eigenvalue weighted by Gasteiger charge is -2.32. The van der Waals surface area contributed by atoms with Gasteiger partial charge in [0.1, 0.15) is 6.10 Å². The van der Waals surface area contributed by atoms with Gasteiger partial charge >= 0.3 is 0 Å². The van der Waals surface area contributed by atoms with Crippen molar-refractivity contribution in [1.82, 2.24) is 10.6 Å². The van der Waals surface area contributed by atoms with Gasteiger partial charge in [0.15, 0.2) is 0 Å². The van der Waals surface area contributed by atoms with E-state index < -0.39 is 0 Å². The molecule has 0 spiro atoms. The Morgan fingerprint density at radius 2 is 1.96 bits per heavy atom. The highest BCUT2D eigenvalue weighted by molar-refractivity contribution is 5.85. The third kappa shape index (κ3) is 5.48. The molecule has 1 aliphatic carbocycles. The number of aryl methyl sites for hydroxylation is 1. The molecule has 1 heterocycles. The second kappa shape index (κ2) is 8.67. The molecule has 2 N–H and O–H groups in total. The predicted molar refractivity (Wildman–Crippen MR) is 93.9 cm³/mol. The van der Waals surface area contributed by atoms with Crippen LogP contribution >= 0.6 is 12.4 Å². The van der Waals surface area contributed by atoms with Gasteiger partial charge in [0.2, 0.25) is 5.91 Å². The zero-order chi connectivity index (χ0) is 15.4. The van der Waals surface area contributed by atoms with Gasteiger partial charge in [-0.3, -0.25) is 4.79 Å². The minimum absolute atomic E-state index is 0. The topological polar surface area (TPSA) is 50.4 Å². The van der Waals surface area contributed by atoms with Crippen LogP contribution in [0.2, 0.25) is 0 Å². The molecule has 1 aromatic rings. The van der Waals surface area contributed by atoms with E-state index in [2.05, 4.69) is 41.8 Å². The lowest BCUT2D eigenvalue weighted by Crippen LogP contribution is -2.46. The number of rotatable bonds is 6. The van der Waals surface area contributed by atoms with Gasteiger partial charge in [0.05, 0.1) is 12.6 Å². The Hall–Kier alpha value is -1.10. The number of carbonyl (C=O) groups excluding carboxylic acids is 1. The quantitative estimate of drug-likeness (QED) is 0.838. The summed E-state index contributed by atoms with van der Waals surface area (Å²) in [5.74, 6) is 0.874. The Labute approximate surface area is 144 Å². The van der Waals surface area contributed by atoms with E-state index in [1.54, 1.807) is 0 Å². The minimum Gasteiger partial charge on any atom is -0.371 e. The molecule has 2 aliphatic rings. The maximum Gasteiger partial charge on any atom is 0.234 e. The van der Waals surface area contributed by atoms with Crippen LogP contribution < -0.4 is 10.6 Å². The molecule has 0 aromatic heterocycles. The van der Waals surface area contributed by atoms with Crippen molar-refractivity contribution < 1.29 is 9.53 Å². The van der Waals surface area contributed by atoms with Crippen LogP contribution in [-0.2, 0) is 9.53 Å². The molecule has 0 radical (unpaired) electrons. The molecule has 4 nitrogen and oxygen atoms in total. The van der Waals surface area contributed by atoms with Crippen LogP contribution in [0, 0.1) is 12.8 Å². The smallest absolute Gasteiger partial charge is 0.234 e. The number of carbonyl (C=O) groups is 1. The van der Waals surface area contributed by atoms with Crippen molar-refractivity contribution in [3.63, 3.8) is 0 Å². The summed E-state index contributed by atoms with van der Waals surface area (Å²) >= 11 is 0. The van der Waals surface area contributed by atoms with Gasteiger partial charge in [-0.05, 0) is 50.6 Å². The molecule has 5 heteroatoms. The van der Waals surface area contributed by atoms with Gasteiger partial charge in [-0.1, -0.05) is 29.8 Å². The van der Waals surface area contributed by atoms with Crippen LogP contribution in [0.1, 0.15) is 42.9 Å². The molecule has 2 fully saturated rings. The first-order valence-electron chi connectivity index (χ1n) is 8.40. The van der Waals surface area contributed by atoms with Gasteiger partial charge < -0.3 is 15.4 Å². The predicted octanol–water partition coefficient (Wildman–Crippen LogP) is 2.75. The second-order valence-electron chi connectivity index (χ2n) is 6.59. The Morgan fingerprint density at radius 1 is 1.22 bits per heavy atom. The van der Waals surface area contributed by atoms with Crippen molar-refractivity contribution in [3.8, 4) is 0 Å². The Bertz CT molecular complexity index is 502. The zero-order valence-electron chi connectivity index (χ0n) is 13.7. The van der Waals surface area contributed by atoms with E-state index in [4.69, 9.17) is 4.74 Å². The summed E-state index contributed by atoms with van der Waals surface area (Å²) in [6.45, 7) is 4.23. The number of ether oxygens (including phenoxy) is 1. The molecule has 1 aromatic carbocycles. The van der Waals surface area contributed by atoms with E-state index in [1.807, 2.05) is 0 Å². The van der Waals surface area contributed by atoms with E-state index in [0.717, 1.165) is 37.5 Å². The molecule has 0 bridgehead atoms. The third-order valence-corrected chi connectivity index (χ3v) is 4.49. The highest BCUT2D eigenvalue weighted by atomic mass is 35.5. The maximum atomic E-state index is 12.1. The van der Waals surface area contributed by atoms with Gasteiger partial charge in [0.25, 0.3) is 0 Å². The molecule has 1 amide bonds. The number of hydrogen-bond donors (Lipinski definition) is 2. The average molecular weight is 339 g/mol. The van der Waals surface area contributed by atoms with Crippen LogP contribution in [0.25, 0.3) is 0 Å². The van der Waals surface area contributed by atoms with Crippen molar-refractivity contribution >= 4 is 18.3 Å². The first-order chi connectivity index (χ1) is 10.7. The SMILES string of the molecule is Cc1ccc(C2OCCCC2NC(=O)CNCC2CC2)cc1.Cl. The standard InChI is InChI=1S/C18H26N2O2.ClH/c1-13-4-8-15(9-5-13)18-16(3-2-10-22-18)20-17(21)12-19-11-14-6-7-14;/h4-5,8-9,14,16,18-19H,2-3,6-7,10-12H2,1H3,(H,20,21);1H. The van der Waals surface area contributed by atoms with E-state index >= 15 is 0 Å². The summed E-state index contributed by atoms with van der Waals surface area (Å²) in [7, 11) is 0. The Kier molecular flexibility index (Phi) is 6.88. The first-order valence-corrected chi connectivity index (χ1v) is 8.40. The Balaban J connectivity index is 0.00000192. The number of nitrogens with one attached hydrogen (secondary N) is 2. The van der Waals surface area contributed by atoms with Crippen LogP contribution in [0.5, 0.6) is 0 Å². The molecule has 23 heavy (non-hydrogen) atoms. The normalized spacial score (nSPS) is 23.9. The van der Waals surface area contributed by atoms with Crippen LogP contribution in [0.3, 0.4) is 0 Å². The van der Waals surface area contributed by atoms with Gasteiger partial charge in [0, 0.05) is 6.61 Å². The lowest BCUT2D eigenvalue weighted by atomic mass is 9.95. The summed E-state index contributed by atoms with van der Waals surface area (Å²) in [6.07, 6.45) is 4.57.